The van der Waals surface area contributed by atoms with E-state index in [-0.39, 0.29) is 6.10 Å². The number of rotatable bonds is 4. The molecule has 1 saturated heterocycles. The number of nitrogens with one attached hydrogen (secondary N) is 1. The second-order valence-corrected chi connectivity index (χ2v) is 4.94. The van der Waals surface area contributed by atoms with Crippen molar-refractivity contribution in [1.82, 2.24) is 10.3 Å². The summed E-state index contributed by atoms with van der Waals surface area (Å²) in [6.07, 6.45) is 3.54. The fraction of sp³-hybridized carbons (Fsp3) is 0.643. The third-order valence-electron chi connectivity index (χ3n) is 3.55. The molecule has 1 aromatic rings. The molecule has 2 heterocycles. The minimum atomic E-state index is -0.123. The van der Waals surface area contributed by atoms with Crippen LogP contribution in [-0.2, 0) is 0 Å². The summed E-state index contributed by atoms with van der Waals surface area (Å²) in [5, 5.41) is 12.9. The summed E-state index contributed by atoms with van der Waals surface area (Å²) in [5.74, 6) is 0. The summed E-state index contributed by atoms with van der Waals surface area (Å²) in [6, 6.07) is 4.52. The summed E-state index contributed by atoms with van der Waals surface area (Å²) < 4.78 is 0. The van der Waals surface area contributed by atoms with Gasteiger partial charge in [0, 0.05) is 19.1 Å². The van der Waals surface area contributed by atoms with Crippen molar-refractivity contribution in [3.05, 3.63) is 24.0 Å². The molecule has 0 aromatic carbocycles. The molecule has 1 atom stereocenters. The van der Waals surface area contributed by atoms with Crippen LogP contribution in [0.4, 0.5) is 5.69 Å². The fourth-order valence-electron chi connectivity index (χ4n) is 2.38. The molecule has 2 N–H and O–H groups in total. The number of anilines is 1. The minimum Gasteiger partial charge on any atom is -0.393 e. The normalized spacial score (nSPS) is 18.9. The molecule has 4 nitrogen and oxygen atoms in total. The predicted octanol–water partition coefficient (Wildman–Crippen LogP) is 1.71. The van der Waals surface area contributed by atoms with Crippen molar-refractivity contribution in [2.24, 2.45) is 0 Å². The monoisotopic (exact) mass is 249 g/mol. The molecule has 0 bridgehead atoms. The lowest BCUT2D eigenvalue weighted by molar-refractivity contribution is 0.145. The molecule has 1 fully saturated rings. The van der Waals surface area contributed by atoms with Crippen LogP contribution in [0.25, 0.3) is 0 Å². The number of hydrogen-bond donors (Lipinski definition) is 2. The molecule has 0 spiro atoms. The van der Waals surface area contributed by atoms with E-state index in [1.165, 1.54) is 0 Å². The summed E-state index contributed by atoms with van der Waals surface area (Å²) >= 11 is 0. The van der Waals surface area contributed by atoms with E-state index in [2.05, 4.69) is 41.2 Å². The van der Waals surface area contributed by atoms with Crippen molar-refractivity contribution >= 4 is 5.69 Å². The van der Waals surface area contributed by atoms with E-state index in [1.54, 1.807) is 0 Å². The van der Waals surface area contributed by atoms with Crippen LogP contribution < -0.4 is 10.2 Å². The first kappa shape index (κ1) is 13.3. The Labute approximate surface area is 109 Å². The van der Waals surface area contributed by atoms with Gasteiger partial charge < -0.3 is 15.3 Å². The number of pyridine rings is 1. The summed E-state index contributed by atoms with van der Waals surface area (Å²) in [4.78, 5) is 6.82. The largest absolute Gasteiger partial charge is 0.393 e. The number of aliphatic hydroxyl groups excluding tert-OH is 1. The van der Waals surface area contributed by atoms with Crippen LogP contribution >= 0.6 is 0 Å². The second kappa shape index (κ2) is 6.16. The first-order chi connectivity index (χ1) is 8.70. The molecule has 0 saturated carbocycles. The highest BCUT2D eigenvalue weighted by Gasteiger charge is 2.17. The fourth-order valence-corrected chi connectivity index (χ4v) is 2.38. The zero-order chi connectivity index (χ0) is 13.0. The zero-order valence-electron chi connectivity index (χ0n) is 11.3. The molecule has 0 radical (unpaired) electrons. The lowest BCUT2D eigenvalue weighted by atomic mass is 10.1. The van der Waals surface area contributed by atoms with E-state index >= 15 is 0 Å². The average Bonchev–Trinajstić information content (AvgIpc) is 2.40. The van der Waals surface area contributed by atoms with E-state index in [1.807, 2.05) is 6.20 Å². The van der Waals surface area contributed by atoms with Gasteiger partial charge in [-0.15, -0.1) is 0 Å². The van der Waals surface area contributed by atoms with E-state index in [0.717, 1.165) is 43.9 Å². The van der Waals surface area contributed by atoms with E-state index in [0.29, 0.717) is 6.04 Å². The third-order valence-corrected chi connectivity index (χ3v) is 3.55. The molecule has 1 aliphatic heterocycles. The van der Waals surface area contributed by atoms with Gasteiger partial charge in [0.15, 0.2) is 0 Å². The van der Waals surface area contributed by atoms with Crippen LogP contribution in [0.15, 0.2) is 18.3 Å². The number of aromatic nitrogens is 1. The predicted molar refractivity (Wildman–Crippen MR) is 73.8 cm³/mol. The van der Waals surface area contributed by atoms with Crippen molar-refractivity contribution in [3.8, 4) is 0 Å². The van der Waals surface area contributed by atoms with Crippen LogP contribution in [0.5, 0.6) is 0 Å². The van der Waals surface area contributed by atoms with Gasteiger partial charge in [-0.3, -0.25) is 4.98 Å². The minimum absolute atomic E-state index is 0.123. The number of hydrogen-bond acceptors (Lipinski definition) is 4. The Morgan fingerprint density at radius 3 is 2.72 bits per heavy atom. The quantitative estimate of drug-likeness (QED) is 0.853. The molecule has 2 rings (SSSR count). The Hall–Kier alpha value is -1.13. The van der Waals surface area contributed by atoms with Crippen molar-refractivity contribution in [2.75, 3.05) is 24.5 Å². The first-order valence-corrected chi connectivity index (χ1v) is 6.83. The van der Waals surface area contributed by atoms with Gasteiger partial charge in [-0.05, 0) is 38.4 Å². The van der Waals surface area contributed by atoms with Gasteiger partial charge in [-0.2, -0.15) is 0 Å². The van der Waals surface area contributed by atoms with E-state index in [4.69, 9.17) is 0 Å². The van der Waals surface area contributed by atoms with Gasteiger partial charge in [0.1, 0.15) is 0 Å². The van der Waals surface area contributed by atoms with Gasteiger partial charge in [0.2, 0.25) is 0 Å². The topological polar surface area (TPSA) is 48.4 Å². The van der Waals surface area contributed by atoms with Crippen molar-refractivity contribution < 1.29 is 5.11 Å². The van der Waals surface area contributed by atoms with Crippen LogP contribution in [0.3, 0.4) is 0 Å². The average molecular weight is 249 g/mol. The molecule has 1 aliphatic rings. The Morgan fingerprint density at radius 1 is 1.44 bits per heavy atom. The Balaban J connectivity index is 1.99. The molecule has 1 unspecified atom stereocenters. The van der Waals surface area contributed by atoms with Crippen LogP contribution in [0.2, 0.25) is 0 Å². The van der Waals surface area contributed by atoms with E-state index in [9.17, 15) is 5.11 Å². The highest BCUT2D eigenvalue weighted by Crippen LogP contribution is 2.20. The third kappa shape index (κ3) is 3.21. The number of piperidine rings is 1. The highest BCUT2D eigenvalue weighted by atomic mass is 16.3. The maximum absolute atomic E-state index is 9.50. The highest BCUT2D eigenvalue weighted by molar-refractivity contribution is 5.45. The molecular weight excluding hydrogens is 226 g/mol. The molecule has 100 valence electrons. The Morgan fingerprint density at radius 2 is 2.17 bits per heavy atom. The maximum Gasteiger partial charge on any atom is 0.0574 e. The van der Waals surface area contributed by atoms with Gasteiger partial charge in [0.05, 0.1) is 23.7 Å². The zero-order valence-corrected chi connectivity index (χ0v) is 11.3. The summed E-state index contributed by atoms with van der Waals surface area (Å²) in [7, 11) is 0. The van der Waals surface area contributed by atoms with Crippen LogP contribution in [-0.4, -0.2) is 35.8 Å². The summed E-state index contributed by atoms with van der Waals surface area (Å²) in [6.45, 7) is 7.02. The summed E-state index contributed by atoms with van der Waals surface area (Å²) in [5.41, 5.74) is 2.24. The molecule has 18 heavy (non-hydrogen) atoms. The first-order valence-electron chi connectivity index (χ1n) is 6.83. The van der Waals surface area contributed by atoms with Crippen LogP contribution in [0, 0.1) is 0 Å². The molecule has 4 heteroatoms. The van der Waals surface area contributed by atoms with Gasteiger partial charge in [-0.25, -0.2) is 0 Å². The van der Waals surface area contributed by atoms with Crippen molar-refractivity contribution in [1.29, 1.82) is 0 Å². The second-order valence-electron chi connectivity index (χ2n) is 4.94. The number of nitrogens with zero attached hydrogens (tertiary/aromatic N) is 2. The molecule has 1 aromatic heterocycles. The molecule has 0 amide bonds. The van der Waals surface area contributed by atoms with Crippen molar-refractivity contribution in [2.45, 2.75) is 38.8 Å². The van der Waals surface area contributed by atoms with Crippen LogP contribution in [0.1, 0.15) is 38.4 Å². The van der Waals surface area contributed by atoms with Gasteiger partial charge >= 0.3 is 0 Å². The van der Waals surface area contributed by atoms with Gasteiger partial charge in [-0.1, -0.05) is 6.92 Å². The van der Waals surface area contributed by atoms with Crippen molar-refractivity contribution in [3.63, 3.8) is 0 Å². The Bertz CT molecular complexity index is 358. The maximum atomic E-state index is 9.50. The molecule has 0 aliphatic carbocycles. The standard InChI is InChI=1S/C14H23N3O/c1-3-15-11(2)14-5-4-12(10-16-14)17-8-6-13(18)7-9-17/h4-5,10-11,13,15,18H,3,6-9H2,1-2H3. The Kier molecular flexibility index (Phi) is 4.55. The van der Waals surface area contributed by atoms with Gasteiger partial charge in [0.25, 0.3) is 0 Å². The SMILES string of the molecule is CCNC(C)c1ccc(N2CCC(O)CC2)cn1. The lowest BCUT2D eigenvalue weighted by Crippen LogP contribution is -2.35. The van der Waals surface area contributed by atoms with E-state index < -0.39 is 0 Å². The number of aliphatic hydroxyl groups is 1. The molecular formula is C14H23N3O. The smallest absolute Gasteiger partial charge is 0.0574 e. The lowest BCUT2D eigenvalue weighted by Gasteiger charge is -2.31.